The van der Waals surface area contributed by atoms with Gasteiger partial charge in [-0.25, -0.2) is 0 Å². The summed E-state index contributed by atoms with van der Waals surface area (Å²) in [6, 6.07) is 35.5. The largest absolute Gasteiger partial charge is 0.458 e. The highest BCUT2D eigenvalue weighted by molar-refractivity contribution is 5.93. The van der Waals surface area contributed by atoms with E-state index in [0.717, 1.165) is 41.2 Å². The van der Waals surface area contributed by atoms with E-state index < -0.39 is 0 Å². The molecule has 0 amide bonds. The van der Waals surface area contributed by atoms with E-state index in [0.29, 0.717) is 6.42 Å². The van der Waals surface area contributed by atoms with Crippen LogP contribution in [0.2, 0.25) is 0 Å². The second kappa shape index (κ2) is 8.88. The molecule has 0 aliphatic rings. The van der Waals surface area contributed by atoms with Crippen LogP contribution in [-0.2, 0) is 19.5 Å². The van der Waals surface area contributed by atoms with Crippen molar-refractivity contribution in [2.24, 2.45) is 0 Å². The van der Waals surface area contributed by atoms with E-state index >= 15 is 0 Å². The lowest BCUT2D eigenvalue weighted by molar-refractivity contribution is 0.557. The van der Waals surface area contributed by atoms with Gasteiger partial charge in [-0.3, -0.25) is 4.98 Å². The van der Waals surface area contributed by atoms with Crippen molar-refractivity contribution >= 4 is 16.7 Å². The molecule has 5 rings (SSSR count). The molecule has 0 aliphatic heterocycles. The van der Waals surface area contributed by atoms with Crippen LogP contribution in [0.3, 0.4) is 0 Å². The molecule has 0 atom stereocenters. The zero-order valence-corrected chi connectivity index (χ0v) is 17.3. The molecular weight excluding hydrogens is 380 g/mol. The van der Waals surface area contributed by atoms with Crippen molar-refractivity contribution in [1.82, 2.24) is 4.98 Å². The molecule has 0 aliphatic carbocycles. The summed E-state index contributed by atoms with van der Waals surface area (Å²) in [5.74, 6) is 0.951. The number of pyridine rings is 1. The van der Waals surface area contributed by atoms with Crippen molar-refractivity contribution in [3.8, 4) is 0 Å². The Morgan fingerprint density at radius 1 is 0.645 bits per heavy atom. The van der Waals surface area contributed by atoms with Gasteiger partial charge >= 0.3 is 0 Å². The first-order valence-corrected chi connectivity index (χ1v) is 10.6. The molecule has 31 heavy (non-hydrogen) atoms. The molecule has 3 heteroatoms. The molecule has 152 valence electrons. The number of hydrogen-bond acceptors (Lipinski definition) is 3. The predicted molar refractivity (Wildman–Crippen MR) is 126 cm³/mol. The van der Waals surface area contributed by atoms with Gasteiger partial charge in [0.15, 0.2) is 0 Å². The van der Waals surface area contributed by atoms with Crippen molar-refractivity contribution in [1.29, 1.82) is 0 Å². The predicted octanol–water partition coefficient (Wildman–Crippen LogP) is 6.63. The van der Waals surface area contributed by atoms with Crippen LogP contribution in [0.15, 0.2) is 114 Å². The quantitative estimate of drug-likeness (QED) is 0.305. The lowest BCUT2D eigenvalue weighted by Crippen LogP contribution is -2.23. The summed E-state index contributed by atoms with van der Waals surface area (Å²) in [5.41, 5.74) is 5.60. The van der Waals surface area contributed by atoms with Gasteiger partial charge in [-0.2, -0.15) is 0 Å². The number of rotatable bonds is 7. The summed E-state index contributed by atoms with van der Waals surface area (Å²) < 4.78 is 6.38. The van der Waals surface area contributed by atoms with Gasteiger partial charge in [0.2, 0.25) is 0 Å². The molecule has 3 aromatic carbocycles. The highest BCUT2D eigenvalue weighted by atomic mass is 16.3. The zero-order valence-electron chi connectivity index (χ0n) is 17.3. The molecule has 0 N–H and O–H groups in total. The monoisotopic (exact) mass is 404 g/mol. The Kier molecular flexibility index (Phi) is 5.48. The number of para-hydroxylation sites is 1. The van der Waals surface area contributed by atoms with Gasteiger partial charge in [-0.15, -0.1) is 0 Å². The van der Waals surface area contributed by atoms with Crippen molar-refractivity contribution in [3.05, 3.63) is 132 Å². The van der Waals surface area contributed by atoms with E-state index in [1.807, 2.05) is 30.5 Å². The van der Waals surface area contributed by atoms with Gasteiger partial charge in [0.25, 0.3) is 0 Å². The van der Waals surface area contributed by atoms with Crippen LogP contribution in [0.4, 0.5) is 5.69 Å². The maximum absolute atomic E-state index is 6.38. The van der Waals surface area contributed by atoms with Gasteiger partial charge in [0, 0.05) is 30.4 Å². The van der Waals surface area contributed by atoms with Crippen LogP contribution in [0, 0.1) is 0 Å². The van der Waals surface area contributed by atoms with Crippen molar-refractivity contribution in [2.45, 2.75) is 19.5 Å². The van der Waals surface area contributed by atoms with E-state index in [1.54, 1.807) is 0 Å². The van der Waals surface area contributed by atoms with Crippen molar-refractivity contribution < 1.29 is 4.42 Å². The molecule has 0 fully saturated rings. The Bertz CT molecular complexity index is 1210. The molecule has 0 saturated heterocycles. The molecule has 0 saturated carbocycles. The standard InChI is InChI=1S/C28H24N2O/c1-3-11-22(12-4-1)20-30(21-23-13-5-2-6-14-23)28-25-16-7-8-17-26(25)31-27(28)19-24-15-9-10-18-29-24/h1-18H,19-21H2. The molecule has 5 aromatic rings. The van der Waals surface area contributed by atoms with Gasteiger partial charge in [-0.05, 0) is 35.4 Å². The topological polar surface area (TPSA) is 29.3 Å². The van der Waals surface area contributed by atoms with Crippen LogP contribution >= 0.6 is 0 Å². The second-order valence-electron chi connectivity index (χ2n) is 7.70. The van der Waals surface area contributed by atoms with E-state index in [1.165, 1.54) is 11.1 Å². The summed E-state index contributed by atoms with van der Waals surface area (Å²) >= 11 is 0. The minimum absolute atomic E-state index is 0.658. The Balaban J connectivity index is 1.61. The molecule has 2 heterocycles. The van der Waals surface area contributed by atoms with Gasteiger partial charge in [0.1, 0.15) is 11.3 Å². The fraction of sp³-hybridized carbons (Fsp3) is 0.107. The van der Waals surface area contributed by atoms with Crippen molar-refractivity contribution in [3.63, 3.8) is 0 Å². The number of fused-ring (bicyclic) bond motifs is 1. The third-order valence-corrected chi connectivity index (χ3v) is 5.46. The smallest absolute Gasteiger partial charge is 0.136 e. The van der Waals surface area contributed by atoms with Gasteiger partial charge in [-0.1, -0.05) is 78.9 Å². The molecule has 3 nitrogen and oxygen atoms in total. The minimum atomic E-state index is 0.658. The summed E-state index contributed by atoms with van der Waals surface area (Å²) in [6.45, 7) is 1.60. The van der Waals surface area contributed by atoms with Crippen LogP contribution in [0.5, 0.6) is 0 Å². The normalized spacial score (nSPS) is 11.0. The highest BCUT2D eigenvalue weighted by Gasteiger charge is 2.21. The number of nitrogens with zero attached hydrogens (tertiary/aromatic N) is 2. The molecular formula is C28H24N2O. The van der Waals surface area contributed by atoms with E-state index in [2.05, 4.69) is 88.7 Å². The maximum atomic E-state index is 6.38. The second-order valence-corrected chi connectivity index (χ2v) is 7.70. The first-order valence-electron chi connectivity index (χ1n) is 10.6. The lowest BCUT2D eigenvalue weighted by atomic mass is 10.1. The van der Waals surface area contributed by atoms with E-state index in [9.17, 15) is 0 Å². The summed E-state index contributed by atoms with van der Waals surface area (Å²) in [4.78, 5) is 6.96. The van der Waals surface area contributed by atoms with Crippen LogP contribution in [0.25, 0.3) is 11.0 Å². The van der Waals surface area contributed by atoms with Gasteiger partial charge in [0.05, 0.1) is 12.1 Å². The third-order valence-electron chi connectivity index (χ3n) is 5.46. The zero-order chi connectivity index (χ0) is 20.9. The molecule has 0 unspecified atom stereocenters. The maximum Gasteiger partial charge on any atom is 0.136 e. The molecule has 2 aromatic heterocycles. The van der Waals surface area contributed by atoms with Gasteiger partial charge < -0.3 is 9.32 Å². The van der Waals surface area contributed by atoms with Crippen LogP contribution in [0.1, 0.15) is 22.6 Å². The molecule has 0 spiro atoms. The number of hydrogen-bond donors (Lipinski definition) is 0. The lowest BCUT2D eigenvalue weighted by Gasteiger charge is -2.25. The first kappa shape index (κ1) is 19.1. The summed E-state index contributed by atoms with van der Waals surface area (Å²) in [5, 5.41) is 1.14. The molecule has 0 radical (unpaired) electrons. The first-order chi connectivity index (χ1) is 15.4. The number of furan rings is 1. The summed E-state index contributed by atoms with van der Waals surface area (Å²) in [7, 11) is 0. The third kappa shape index (κ3) is 4.36. The minimum Gasteiger partial charge on any atom is -0.458 e. The van der Waals surface area contributed by atoms with Crippen LogP contribution in [-0.4, -0.2) is 4.98 Å². The fourth-order valence-corrected chi connectivity index (χ4v) is 4.04. The Labute approximate surface area is 182 Å². The van der Waals surface area contributed by atoms with Crippen molar-refractivity contribution in [2.75, 3.05) is 4.90 Å². The number of aromatic nitrogens is 1. The van der Waals surface area contributed by atoms with E-state index in [4.69, 9.17) is 4.42 Å². The fourth-order valence-electron chi connectivity index (χ4n) is 4.04. The average molecular weight is 405 g/mol. The number of benzene rings is 3. The summed E-state index contributed by atoms with van der Waals surface area (Å²) in [6.07, 6.45) is 2.49. The Morgan fingerprint density at radius 3 is 1.90 bits per heavy atom. The Hall–Kier alpha value is -3.85. The highest BCUT2D eigenvalue weighted by Crippen LogP contribution is 2.37. The Morgan fingerprint density at radius 2 is 1.26 bits per heavy atom. The SMILES string of the molecule is c1ccc(CN(Cc2ccccc2)c2c(Cc3ccccn3)oc3ccccc23)cc1. The van der Waals surface area contributed by atoms with Crippen LogP contribution < -0.4 is 4.90 Å². The molecule has 0 bridgehead atoms. The van der Waals surface area contributed by atoms with E-state index in [-0.39, 0.29) is 0 Å². The average Bonchev–Trinajstić information content (AvgIpc) is 3.18. The number of anilines is 1.